The average molecular weight is 385 g/mol. The molecule has 1 atom stereocenters. The minimum Gasteiger partial charge on any atom is -0.339 e. The number of hydrogen-bond acceptors (Lipinski definition) is 3. The molecule has 3 amide bonds. The quantitative estimate of drug-likeness (QED) is 0.867. The number of hydrogen-bond donors (Lipinski definition) is 1. The number of likely N-dealkylation sites (tertiary alicyclic amines) is 3. The van der Waals surface area contributed by atoms with Gasteiger partial charge in [0.2, 0.25) is 0 Å². The number of nitrogens with one attached hydrogen (secondary N) is 1. The topological polar surface area (TPSA) is 55.9 Å². The van der Waals surface area contributed by atoms with E-state index in [2.05, 4.69) is 10.2 Å². The van der Waals surface area contributed by atoms with Crippen LogP contribution in [0.15, 0.2) is 18.2 Å². The van der Waals surface area contributed by atoms with Crippen molar-refractivity contribution < 1.29 is 9.59 Å². The zero-order valence-corrected chi connectivity index (χ0v) is 17.0. The highest BCUT2D eigenvalue weighted by molar-refractivity contribution is 6.04. The number of anilines is 1. The first-order valence-electron chi connectivity index (χ1n) is 10.8. The third-order valence-corrected chi connectivity index (χ3v) is 6.41. The molecule has 0 radical (unpaired) electrons. The van der Waals surface area contributed by atoms with E-state index in [0.29, 0.717) is 17.2 Å². The maximum Gasteiger partial charge on any atom is 0.321 e. The van der Waals surface area contributed by atoms with Gasteiger partial charge >= 0.3 is 6.03 Å². The molecule has 0 saturated carbocycles. The van der Waals surface area contributed by atoms with Gasteiger partial charge in [-0.2, -0.15) is 0 Å². The summed E-state index contributed by atoms with van der Waals surface area (Å²) in [6, 6.07) is 5.63. The zero-order valence-electron chi connectivity index (χ0n) is 17.0. The van der Waals surface area contributed by atoms with Crippen molar-refractivity contribution in [3.63, 3.8) is 0 Å². The first-order valence-corrected chi connectivity index (χ1v) is 10.8. The van der Waals surface area contributed by atoms with Crippen LogP contribution in [-0.2, 0) is 0 Å². The lowest BCUT2D eigenvalue weighted by Crippen LogP contribution is -2.36. The summed E-state index contributed by atoms with van der Waals surface area (Å²) < 4.78 is 0. The summed E-state index contributed by atoms with van der Waals surface area (Å²) >= 11 is 0. The summed E-state index contributed by atoms with van der Waals surface area (Å²) in [4.78, 5) is 32.2. The van der Waals surface area contributed by atoms with Crippen molar-refractivity contribution in [1.29, 1.82) is 0 Å². The van der Waals surface area contributed by atoms with E-state index in [0.717, 1.165) is 57.5 Å². The molecule has 1 aromatic carbocycles. The van der Waals surface area contributed by atoms with E-state index >= 15 is 0 Å². The Balaban J connectivity index is 1.40. The first kappa shape index (κ1) is 19.2. The number of benzene rings is 1. The molecule has 0 spiro atoms. The van der Waals surface area contributed by atoms with Gasteiger partial charge in [-0.05, 0) is 69.7 Å². The molecule has 152 valence electrons. The Labute approximate surface area is 167 Å². The molecule has 3 aliphatic heterocycles. The fraction of sp³-hybridized carbons (Fsp3) is 0.636. The van der Waals surface area contributed by atoms with Gasteiger partial charge in [0.1, 0.15) is 0 Å². The molecule has 6 nitrogen and oxygen atoms in total. The van der Waals surface area contributed by atoms with Gasteiger partial charge in [0.05, 0.1) is 11.3 Å². The second-order valence-electron chi connectivity index (χ2n) is 8.54. The van der Waals surface area contributed by atoms with Gasteiger partial charge in [-0.25, -0.2) is 4.79 Å². The molecular weight excluding hydrogens is 352 g/mol. The molecule has 3 heterocycles. The third kappa shape index (κ3) is 4.17. The largest absolute Gasteiger partial charge is 0.339 e. The van der Waals surface area contributed by atoms with Crippen molar-refractivity contribution >= 4 is 17.6 Å². The second kappa shape index (κ2) is 8.52. The lowest BCUT2D eigenvalue weighted by molar-refractivity contribution is 0.0793. The molecule has 1 aromatic rings. The minimum absolute atomic E-state index is 0.0410. The number of amides is 3. The van der Waals surface area contributed by atoms with Gasteiger partial charge < -0.3 is 20.0 Å². The van der Waals surface area contributed by atoms with E-state index in [1.54, 1.807) is 0 Å². The highest BCUT2D eigenvalue weighted by atomic mass is 16.2. The predicted octanol–water partition coefficient (Wildman–Crippen LogP) is 3.18. The van der Waals surface area contributed by atoms with E-state index in [4.69, 9.17) is 0 Å². The SMILES string of the molecule is Cc1cccc(NC(=O)N2CCC(CN3CCCC3)C2)c1C(=O)N1CCCC1. The molecular formula is C22H32N4O2. The van der Waals surface area contributed by atoms with Crippen LogP contribution in [0.25, 0.3) is 0 Å². The molecule has 4 rings (SSSR count). The molecule has 3 fully saturated rings. The van der Waals surface area contributed by atoms with Gasteiger partial charge in [0.15, 0.2) is 0 Å². The van der Waals surface area contributed by atoms with Crippen LogP contribution in [-0.4, -0.2) is 72.5 Å². The Kier molecular flexibility index (Phi) is 5.85. The Hall–Kier alpha value is -2.08. The number of carbonyl (C=O) groups excluding carboxylic acids is 2. The molecule has 6 heteroatoms. The number of nitrogens with zero attached hydrogens (tertiary/aromatic N) is 3. The minimum atomic E-state index is -0.0787. The highest BCUT2D eigenvalue weighted by Gasteiger charge is 2.30. The molecule has 1 unspecified atom stereocenters. The molecule has 3 aliphatic rings. The molecule has 28 heavy (non-hydrogen) atoms. The van der Waals surface area contributed by atoms with E-state index in [9.17, 15) is 9.59 Å². The number of urea groups is 1. The molecule has 1 N–H and O–H groups in total. The van der Waals surface area contributed by atoms with Crippen LogP contribution in [0, 0.1) is 12.8 Å². The van der Waals surface area contributed by atoms with E-state index in [1.807, 2.05) is 34.9 Å². The van der Waals surface area contributed by atoms with Crippen LogP contribution in [0.2, 0.25) is 0 Å². The zero-order chi connectivity index (χ0) is 19.5. The van der Waals surface area contributed by atoms with Crippen molar-refractivity contribution in [3.05, 3.63) is 29.3 Å². The van der Waals surface area contributed by atoms with Crippen LogP contribution in [0.3, 0.4) is 0 Å². The van der Waals surface area contributed by atoms with Crippen molar-refractivity contribution in [2.45, 2.75) is 39.0 Å². The van der Waals surface area contributed by atoms with E-state index in [1.165, 1.54) is 25.9 Å². The van der Waals surface area contributed by atoms with Crippen LogP contribution in [0.1, 0.15) is 48.0 Å². The van der Waals surface area contributed by atoms with Gasteiger partial charge in [-0.1, -0.05) is 12.1 Å². The van der Waals surface area contributed by atoms with Crippen LogP contribution < -0.4 is 5.32 Å². The van der Waals surface area contributed by atoms with E-state index in [-0.39, 0.29) is 11.9 Å². The fourth-order valence-corrected chi connectivity index (χ4v) is 4.82. The predicted molar refractivity (Wildman–Crippen MR) is 111 cm³/mol. The van der Waals surface area contributed by atoms with Crippen LogP contribution >= 0.6 is 0 Å². The standard InChI is InChI=1S/C22H32N4O2/c1-17-7-6-8-19(20(17)21(27)25-12-4-5-13-25)23-22(28)26-14-9-18(16-26)15-24-10-2-3-11-24/h6-8,18H,2-5,9-16H2,1H3,(H,23,28). The summed E-state index contributed by atoms with van der Waals surface area (Å²) in [7, 11) is 0. The Morgan fingerprint density at radius 2 is 1.71 bits per heavy atom. The monoisotopic (exact) mass is 384 g/mol. The van der Waals surface area contributed by atoms with Gasteiger partial charge in [-0.15, -0.1) is 0 Å². The summed E-state index contributed by atoms with van der Waals surface area (Å²) in [5.41, 5.74) is 2.21. The van der Waals surface area contributed by atoms with Crippen molar-refractivity contribution in [1.82, 2.24) is 14.7 Å². The first-order chi connectivity index (χ1) is 13.6. The van der Waals surface area contributed by atoms with Gasteiger partial charge in [0.25, 0.3) is 5.91 Å². The Morgan fingerprint density at radius 1 is 1.00 bits per heavy atom. The van der Waals surface area contributed by atoms with Crippen molar-refractivity contribution in [3.8, 4) is 0 Å². The molecule has 0 aromatic heterocycles. The summed E-state index contributed by atoms with van der Waals surface area (Å²) in [5, 5.41) is 3.04. The molecule has 0 bridgehead atoms. The maximum atomic E-state index is 13.0. The molecule has 3 saturated heterocycles. The van der Waals surface area contributed by atoms with Crippen LogP contribution in [0.5, 0.6) is 0 Å². The number of rotatable bonds is 4. The highest BCUT2D eigenvalue weighted by Crippen LogP contribution is 2.25. The normalized spacial score (nSPS) is 22.8. The van der Waals surface area contributed by atoms with Crippen LogP contribution in [0.4, 0.5) is 10.5 Å². The van der Waals surface area contributed by atoms with Gasteiger partial charge in [-0.3, -0.25) is 4.79 Å². The summed E-state index contributed by atoms with van der Waals surface area (Å²) in [5.74, 6) is 0.603. The second-order valence-corrected chi connectivity index (χ2v) is 8.54. The fourth-order valence-electron chi connectivity index (χ4n) is 4.82. The summed E-state index contributed by atoms with van der Waals surface area (Å²) in [6.45, 7) is 8.68. The Bertz CT molecular complexity index is 723. The smallest absolute Gasteiger partial charge is 0.321 e. The molecule has 0 aliphatic carbocycles. The number of carbonyl (C=O) groups is 2. The summed E-state index contributed by atoms with van der Waals surface area (Å²) in [6.07, 6.45) is 5.80. The van der Waals surface area contributed by atoms with Gasteiger partial charge in [0, 0.05) is 32.7 Å². The Morgan fingerprint density at radius 3 is 2.46 bits per heavy atom. The maximum absolute atomic E-state index is 13.0. The lowest BCUT2D eigenvalue weighted by Gasteiger charge is -2.23. The van der Waals surface area contributed by atoms with Crippen molar-refractivity contribution in [2.24, 2.45) is 5.92 Å². The average Bonchev–Trinajstić information content (AvgIpc) is 3.45. The lowest BCUT2D eigenvalue weighted by atomic mass is 10.1. The number of aryl methyl sites for hydroxylation is 1. The van der Waals surface area contributed by atoms with E-state index < -0.39 is 0 Å². The van der Waals surface area contributed by atoms with Crippen molar-refractivity contribution in [2.75, 3.05) is 51.1 Å². The third-order valence-electron chi connectivity index (χ3n) is 6.41.